The Balaban J connectivity index is 1.77. The van der Waals surface area contributed by atoms with E-state index >= 15 is 0 Å². The lowest BCUT2D eigenvalue weighted by molar-refractivity contribution is 0.657. The first-order chi connectivity index (χ1) is 12.5. The summed E-state index contributed by atoms with van der Waals surface area (Å²) in [5.74, 6) is 0. The molecule has 2 N–H and O–H groups in total. The minimum absolute atomic E-state index is 0.570. The SMILES string of the molecule is Cc1ccccc1Cn1nc(C)c(NC(=S)Nc2ccccc2C)c1C. The number of rotatable bonds is 4. The van der Waals surface area contributed by atoms with Crippen LogP contribution in [-0.2, 0) is 6.54 Å². The largest absolute Gasteiger partial charge is 0.332 e. The zero-order chi connectivity index (χ0) is 18.7. The molecule has 0 fully saturated rings. The summed E-state index contributed by atoms with van der Waals surface area (Å²) in [6.07, 6.45) is 0. The first-order valence-electron chi connectivity index (χ1n) is 8.68. The van der Waals surface area contributed by atoms with Crippen LogP contribution in [0.3, 0.4) is 0 Å². The van der Waals surface area contributed by atoms with Crippen LogP contribution in [0.1, 0.15) is 28.1 Å². The molecule has 1 aromatic heterocycles. The van der Waals surface area contributed by atoms with Gasteiger partial charge < -0.3 is 10.6 Å². The van der Waals surface area contributed by atoms with Gasteiger partial charge in [0.05, 0.1) is 23.6 Å². The van der Waals surface area contributed by atoms with Crippen molar-refractivity contribution in [3.05, 3.63) is 76.6 Å². The Morgan fingerprint density at radius 2 is 1.58 bits per heavy atom. The van der Waals surface area contributed by atoms with E-state index in [0.29, 0.717) is 5.11 Å². The van der Waals surface area contributed by atoms with Crippen LogP contribution in [0.5, 0.6) is 0 Å². The number of thiocarbonyl (C=S) groups is 1. The molecule has 0 aliphatic carbocycles. The second-order valence-corrected chi connectivity index (χ2v) is 6.93. The summed E-state index contributed by atoms with van der Waals surface area (Å²) in [5, 5.41) is 11.8. The molecule has 0 radical (unpaired) electrons. The molecular formula is C21H24N4S. The minimum atomic E-state index is 0.570. The number of aryl methyl sites for hydroxylation is 3. The monoisotopic (exact) mass is 364 g/mol. The zero-order valence-electron chi connectivity index (χ0n) is 15.6. The molecule has 0 saturated carbocycles. The maximum atomic E-state index is 5.50. The van der Waals surface area contributed by atoms with Crippen LogP contribution in [0, 0.1) is 27.7 Å². The standard InChI is InChI=1S/C21H24N4S/c1-14-9-5-7-11-18(14)13-25-17(4)20(16(3)24-25)23-21(26)22-19-12-8-6-10-15(19)2/h5-12H,13H2,1-4H3,(H2,22,23,26). The van der Waals surface area contributed by atoms with E-state index in [1.165, 1.54) is 11.1 Å². The van der Waals surface area contributed by atoms with E-state index < -0.39 is 0 Å². The summed E-state index contributed by atoms with van der Waals surface area (Å²) < 4.78 is 2.02. The highest BCUT2D eigenvalue weighted by molar-refractivity contribution is 7.80. The molecule has 0 unspecified atom stereocenters. The number of nitrogens with one attached hydrogen (secondary N) is 2. The molecule has 0 atom stereocenters. The van der Waals surface area contributed by atoms with Crippen molar-refractivity contribution in [2.45, 2.75) is 34.2 Å². The first-order valence-corrected chi connectivity index (χ1v) is 9.08. The highest BCUT2D eigenvalue weighted by atomic mass is 32.1. The van der Waals surface area contributed by atoms with Gasteiger partial charge in [-0.1, -0.05) is 42.5 Å². The lowest BCUT2D eigenvalue weighted by Crippen LogP contribution is -2.20. The Morgan fingerprint density at radius 3 is 2.27 bits per heavy atom. The summed E-state index contributed by atoms with van der Waals surface area (Å²) in [6.45, 7) is 9.00. The maximum absolute atomic E-state index is 5.50. The van der Waals surface area contributed by atoms with Gasteiger partial charge in [0, 0.05) is 5.69 Å². The second kappa shape index (κ2) is 7.70. The summed E-state index contributed by atoms with van der Waals surface area (Å²) in [6, 6.07) is 16.5. The molecule has 0 saturated heterocycles. The molecule has 0 bridgehead atoms. The quantitative estimate of drug-likeness (QED) is 0.641. The van der Waals surface area contributed by atoms with Crippen LogP contribution in [0.4, 0.5) is 11.4 Å². The highest BCUT2D eigenvalue weighted by Crippen LogP contribution is 2.22. The third-order valence-electron chi connectivity index (χ3n) is 4.59. The van der Waals surface area contributed by atoms with Crippen LogP contribution in [0.2, 0.25) is 0 Å². The topological polar surface area (TPSA) is 41.9 Å². The molecule has 0 amide bonds. The Labute approximate surface area is 160 Å². The predicted molar refractivity (Wildman–Crippen MR) is 113 cm³/mol. The molecule has 26 heavy (non-hydrogen) atoms. The highest BCUT2D eigenvalue weighted by Gasteiger charge is 2.14. The molecular weight excluding hydrogens is 340 g/mol. The predicted octanol–water partition coefficient (Wildman–Crippen LogP) is 4.97. The van der Waals surface area contributed by atoms with Gasteiger partial charge in [0.2, 0.25) is 0 Å². The van der Waals surface area contributed by atoms with E-state index in [9.17, 15) is 0 Å². The van der Waals surface area contributed by atoms with E-state index in [2.05, 4.69) is 61.7 Å². The van der Waals surface area contributed by atoms with Gasteiger partial charge in [-0.2, -0.15) is 5.10 Å². The smallest absolute Gasteiger partial charge is 0.175 e. The van der Waals surface area contributed by atoms with Crippen molar-refractivity contribution in [1.29, 1.82) is 0 Å². The van der Waals surface area contributed by atoms with Crippen molar-refractivity contribution in [1.82, 2.24) is 9.78 Å². The third-order valence-corrected chi connectivity index (χ3v) is 4.80. The maximum Gasteiger partial charge on any atom is 0.175 e. The Kier molecular flexibility index (Phi) is 5.38. The van der Waals surface area contributed by atoms with Crippen molar-refractivity contribution >= 4 is 28.7 Å². The average Bonchev–Trinajstić information content (AvgIpc) is 2.86. The number of benzene rings is 2. The molecule has 134 valence electrons. The van der Waals surface area contributed by atoms with Gasteiger partial charge in [-0.15, -0.1) is 0 Å². The van der Waals surface area contributed by atoms with Crippen LogP contribution in [-0.4, -0.2) is 14.9 Å². The lowest BCUT2D eigenvalue weighted by Gasteiger charge is -2.13. The molecule has 4 nitrogen and oxygen atoms in total. The third kappa shape index (κ3) is 3.94. The van der Waals surface area contributed by atoms with Crippen molar-refractivity contribution in [3.63, 3.8) is 0 Å². The van der Waals surface area contributed by atoms with Gasteiger partial charge >= 0.3 is 0 Å². The van der Waals surface area contributed by atoms with E-state index in [1.54, 1.807) is 0 Å². The van der Waals surface area contributed by atoms with Gasteiger partial charge in [-0.3, -0.25) is 4.68 Å². The Hall–Kier alpha value is -2.66. The van der Waals surface area contributed by atoms with Crippen molar-refractivity contribution < 1.29 is 0 Å². The average molecular weight is 365 g/mol. The van der Waals surface area contributed by atoms with Gasteiger partial charge in [0.25, 0.3) is 0 Å². The van der Waals surface area contributed by atoms with E-state index in [1.807, 2.05) is 29.8 Å². The first kappa shape index (κ1) is 18.1. The van der Waals surface area contributed by atoms with Gasteiger partial charge in [-0.25, -0.2) is 0 Å². The number of aromatic nitrogens is 2. The molecule has 0 spiro atoms. The number of nitrogens with zero attached hydrogens (tertiary/aromatic N) is 2. The van der Waals surface area contributed by atoms with E-state index in [0.717, 1.165) is 34.9 Å². The fourth-order valence-corrected chi connectivity index (χ4v) is 3.17. The second-order valence-electron chi connectivity index (χ2n) is 6.52. The van der Waals surface area contributed by atoms with E-state index in [4.69, 9.17) is 17.3 Å². The molecule has 3 aromatic rings. The van der Waals surface area contributed by atoms with Gasteiger partial charge in [0.1, 0.15) is 0 Å². The zero-order valence-corrected chi connectivity index (χ0v) is 16.4. The number of hydrogen-bond acceptors (Lipinski definition) is 2. The Bertz CT molecular complexity index is 943. The molecule has 2 aromatic carbocycles. The van der Waals surface area contributed by atoms with Crippen LogP contribution in [0.25, 0.3) is 0 Å². The molecule has 3 rings (SSSR count). The summed E-state index contributed by atoms with van der Waals surface area (Å²) in [4.78, 5) is 0. The molecule has 1 heterocycles. The van der Waals surface area contributed by atoms with Crippen LogP contribution >= 0.6 is 12.2 Å². The normalized spacial score (nSPS) is 10.6. The summed E-state index contributed by atoms with van der Waals surface area (Å²) in [7, 11) is 0. The molecule has 0 aliphatic heterocycles. The lowest BCUT2D eigenvalue weighted by atomic mass is 10.1. The fraction of sp³-hybridized carbons (Fsp3) is 0.238. The van der Waals surface area contributed by atoms with Crippen molar-refractivity contribution in [3.8, 4) is 0 Å². The van der Waals surface area contributed by atoms with Crippen LogP contribution in [0.15, 0.2) is 48.5 Å². The minimum Gasteiger partial charge on any atom is -0.332 e. The number of hydrogen-bond donors (Lipinski definition) is 2. The Morgan fingerprint density at radius 1 is 0.923 bits per heavy atom. The molecule has 5 heteroatoms. The van der Waals surface area contributed by atoms with Crippen molar-refractivity contribution in [2.24, 2.45) is 0 Å². The van der Waals surface area contributed by atoms with Gasteiger partial charge in [-0.05, 0) is 62.7 Å². The van der Waals surface area contributed by atoms with Crippen LogP contribution < -0.4 is 10.6 Å². The van der Waals surface area contributed by atoms with Gasteiger partial charge in [0.15, 0.2) is 5.11 Å². The fourth-order valence-electron chi connectivity index (χ4n) is 2.96. The number of para-hydroxylation sites is 1. The number of anilines is 2. The summed E-state index contributed by atoms with van der Waals surface area (Å²) in [5.41, 5.74) is 7.67. The summed E-state index contributed by atoms with van der Waals surface area (Å²) >= 11 is 5.50. The molecule has 0 aliphatic rings. The van der Waals surface area contributed by atoms with Crippen molar-refractivity contribution in [2.75, 3.05) is 10.6 Å². The van der Waals surface area contributed by atoms with E-state index in [-0.39, 0.29) is 0 Å².